The van der Waals surface area contributed by atoms with Gasteiger partial charge in [-0.05, 0) is 31.9 Å². The van der Waals surface area contributed by atoms with Gasteiger partial charge in [0, 0.05) is 31.4 Å². The lowest BCUT2D eigenvalue weighted by molar-refractivity contribution is -0.120. The Morgan fingerprint density at radius 1 is 1.26 bits per heavy atom. The Hall–Kier alpha value is -2.63. The highest BCUT2D eigenvalue weighted by Gasteiger charge is 2.12. The van der Waals surface area contributed by atoms with Crippen LogP contribution >= 0.6 is 0 Å². The number of para-hydroxylation sites is 1. The average Bonchev–Trinajstić information content (AvgIpc) is 3.04. The average molecular weight is 314 g/mol. The molecule has 0 saturated carbocycles. The molecule has 0 aliphatic heterocycles. The smallest absolute Gasteiger partial charge is 0.258 e. The summed E-state index contributed by atoms with van der Waals surface area (Å²) >= 11 is 0. The summed E-state index contributed by atoms with van der Waals surface area (Å²) in [5, 5.41) is 9.67. The molecule has 122 valence electrons. The van der Waals surface area contributed by atoms with Gasteiger partial charge in [0.05, 0.1) is 11.8 Å². The molecule has 6 heteroatoms. The van der Waals surface area contributed by atoms with Gasteiger partial charge in [-0.15, -0.1) is 0 Å². The van der Waals surface area contributed by atoms with Gasteiger partial charge in [-0.25, -0.2) is 0 Å². The highest BCUT2D eigenvalue weighted by atomic mass is 16.2. The predicted octanol–water partition coefficient (Wildman–Crippen LogP) is 2.39. The van der Waals surface area contributed by atoms with Crippen molar-refractivity contribution < 1.29 is 9.59 Å². The zero-order valence-electron chi connectivity index (χ0n) is 13.7. The van der Waals surface area contributed by atoms with Crippen LogP contribution in [0.2, 0.25) is 0 Å². The second-order valence-corrected chi connectivity index (χ2v) is 5.59. The van der Waals surface area contributed by atoms with Crippen LogP contribution in [0.3, 0.4) is 0 Å². The van der Waals surface area contributed by atoms with Crippen molar-refractivity contribution in [2.45, 2.75) is 32.7 Å². The van der Waals surface area contributed by atoms with Crippen molar-refractivity contribution in [2.24, 2.45) is 0 Å². The van der Waals surface area contributed by atoms with Gasteiger partial charge >= 0.3 is 0 Å². The topological polar surface area (TPSA) is 76.0 Å². The summed E-state index contributed by atoms with van der Waals surface area (Å²) in [4.78, 5) is 23.8. The molecule has 0 spiro atoms. The first kappa shape index (κ1) is 16.7. The van der Waals surface area contributed by atoms with Crippen molar-refractivity contribution in [1.29, 1.82) is 0 Å². The second kappa shape index (κ2) is 7.58. The van der Waals surface area contributed by atoms with Gasteiger partial charge in [0.2, 0.25) is 5.91 Å². The van der Waals surface area contributed by atoms with Gasteiger partial charge in [-0.3, -0.25) is 14.3 Å². The molecule has 6 nitrogen and oxygen atoms in total. The van der Waals surface area contributed by atoms with Crippen LogP contribution in [0.4, 0.5) is 5.69 Å². The number of hydrogen-bond donors (Lipinski definition) is 2. The van der Waals surface area contributed by atoms with Crippen molar-refractivity contribution >= 4 is 17.5 Å². The lowest BCUT2D eigenvalue weighted by Crippen LogP contribution is -2.18. The molecular formula is C17H22N4O2. The van der Waals surface area contributed by atoms with Crippen LogP contribution in [0.15, 0.2) is 36.7 Å². The minimum Gasteiger partial charge on any atom is -0.359 e. The molecule has 2 aromatic rings. The number of anilines is 1. The SMILES string of the molecule is CNC(=O)CCc1ccccc1NC(=O)c1cnn(C(C)C)c1. The minimum atomic E-state index is -0.204. The number of benzene rings is 1. The van der Waals surface area contributed by atoms with Crippen LogP contribution in [0, 0.1) is 0 Å². The Morgan fingerprint density at radius 3 is 2.65 bits per heavy atom. The molecule has 0 radical (unpaired) electrons. The van der Waals surface area contributed by atoms with Crippen LogP contribution in [0.25, 0.3) is 0 Å². The maximum absolute atomic E-state index is 12.4. The predicted molar refractivity (Wildman–Crippen MR) is 89.4 cm³/mol. The zero-order chi connectivity index (χ0) is 16.8. The maximum Gasteiger partial charge on any atom is 0.258 e. The molecule has 0 bridgehead atoms. The number of aryl methyl sites for hydroxylation is 1. The monoisotopic (exact) mass is 314 g/mol. The highest BCUT2D eigenvalue weighted by molar-refractivity contribution is 6.04. The molecular weight excluding hydrogens is 292 g/mol. The molecule has 0 saturated heterocycles. The van der Waals surface area contributed by atoms with E-state index in [9.17, 15) is 9.59 Å². The van der Waals surface area contributed by atoms with Crippen LogP contribution in [-0.2, 0) is 11.2 Å². The third-order valence-electron chi connectivity index (χ3n) is 3.56. The van der Waals surface area contributed by atoms with Crippen molar-refractivity contribution in [2.75, 3.05) is 12.4 Å². The summed E-state index contributed by atoms with van der Waals surface area (Å²) in [5.41, 5.74) is 2.17. The van der Waals surface area contributed by atoms with Gasteiger partial charge in [-0.2, -0.15) is 5.10 Å². The second-order valence-electron chi connectivity index (χ2n) is 5.59. The number of aromatic nitrogens is 2. The van der Waals surface area contributed by atoms with E-state index in [1.165, 1.54) is 0 Å². The Labute approximate surface area is 135 Å². The third kappa shape index (κ3) is 4.42. The van der Waals surface area contributed by atoms with Crippen LogP contribution in [-0.4, -0.2) is 28.6 Å². The molecule has 0 aliphatic rings. The molecule has 1 aromatic carbocycles. The number of carbonyl (C=O) groups is 2. The summed E-state index contributed by atoms with van der Waals surface area (Å²) in [6.45, 7) is 4.01. The molecule has 2 amide bonds. The first-order valence-electron chi connectivity index (χ1n) is 7.65. The van der Waals surface area contributed by atoms with Crippen LogP contribution < -0.4 is 10.6 Å². The number of carbonyl (C=O) groups excluding carboxylic acids is 2. The van der Waals surface area contributed by atoms with Crippen molar-refractivity contribution in [1.82, 2.24) is 15.1 Å². The Morgan fingerprint density at radius 2 is 2.00 bits per heavy atom. The largest absolute Gasteiger partial charge is 0.359 e. The zero-order valence-corrected chi connectivity index (χ0v) is 13.7. The molecule has 0 atom stereocenters. The molecule has 2 N–H and O–H groups in total. The molecule has 0 unspecified atom stereocenters. The van der Waals surface area contributed by atoms with Crippen molar-refractivity contribution in [3.63, 3.8) is 0 Å². The van der Waals surface area contributed by atoms with Crippen molar-refractivity contribution in [3.8, 4) is 0 Å². The van der Waals surface area contributed by atoms with E-state index in [1.54, 1.807) is 24.1 Å². The van der Waals surface area contributed by atoms with E-state index < -0.39 is 0 Å². The van der Waals surface area contributed by atoms with E-state index in [1.807, 2.05) is 38.1 Å². The Bertz CT molecular complexity index is 691. The first-order chi connectivity index (χ1) is 11.0. The van der Waals surface area contributed by atoms with Gasteiger partial charge in [0.1, 0.15) is 0 Å². The summed E-state index contributed by atoms with van der Waals surface area (Å²) in [6.07, 6.45) is 4.24. The molecule has 2 rings (SSSR count). The maximum atomic E-state index is 12.4. The summed E-state index contributed by atoms with van der Waals surface area (Å²) in [5.74, 6) is -0.228. The molecule has 23 heavy (non-hydrogen) atoms. The number of amides is 2. The van der Waals surface area contributed by atoms with Crippen LogP contribution in [0.1, 0.15) is 42.2 Å². The molecule has 0 aliphatic carbocycles. The fourth-order valence-corrected chi connectivity index (χ4v) is 2.17. The Kier molecular flexibility index (Phi) is 5.51. The molecule has 0 fully saturated rings. The first-order valence-corrected chi connectivity index (χ1v) is 7.65. The fraction of sp³-hybridized carbons (Fsp3) is 0.353. The Balaban J connectivity index is 2.09. The van der Waals surface area contributed by atoms with E-state index in [-0.39, 0.29) is 17.9 Å². The van der Waals surface area contributed by atoms with Gasteiger partial charge in [0.25, 0.3) is 5.91 Å². The van der Waals surface area contributed by atoms with Crippen LogP contribution in [0.5, 0.6) is 0 Å². The normalized spacial score (nSPS) is 10.6. The summed E-state index contributed by atoms with van der Waals surface area (Å²) in [6, 6.07) is 7.71. The minimum absolute atomic E-state index is 0.0238. The lowest BCUT2D eigenvalue weighted by atomic mass is 10.1. The highest BCUT2D eigenvalue weighted by Crippen LogP contribution is 2.18. The lowest BCUT2D eigenvalue weighted by Gasteiger charge is -2.10. The third-order valence-corrected chi connectivity index (χ3v) is 3.56. The summed E-state index contributed by atoms with van der Waals surface area (Å²) in [7, 11) is 1.61. The molecule has 1 heterocycles. The van der Waals surface area contributed by atoms with E-state index in [2.05, 4.69) is 15.7 Å². The fourth-order valence-electron chi connectivity index (χ4n) is 2.17. The standard InChI is InChI=1S/C17H22N4O2/c1-12(2)21-11-14(10-19-21)17(23)20-15-7-5-4-6-13(15)8-9-16(22)18-3/h4-7,10-12H,8-9H2,1-3H3,(H,18,22)(H,20,23). The number of nitrogens with one attached hydrogen (secondary N) is 2. The van der Waals surface area contributed by atoms with E-state index in [4.69, 9.17) is 0 Å². The van der Waals surface area contributed by atoms with Gasteiger partial charge in [0.15, 0.2) is 0 Å². The van der Waals surface area contributed by atoms with Gasteiger partial charge in [-0.1, -0.05) is 18.2 Å². The van der Waals surface area contributed by atoms with E-state index in [0.29, 0.717) is 18.4 Å². The van der Waals surface area contributed by atoms with E-state index >= 15 is 0 Å². The molecule has 1 aromatic heterocycles. The van der Waals surface area contributed by atoms with Gasteiger partial charge < -0.3 is 10.6 Å². The van der Waals surface area contributed by atoms with E-state index in [0.717, 1.165) is 11.3 Å². The van der Waals surface area contributed by atoms with Crippen molar-refractivity contribution in [3.05, 3.63) is 47.8 Å². The quantitative estimate of drug-likeness (QED) is 0.859. The summed E-state index contributed by atoms with van der Waals surface area (Å²) < 4.78 is 1.74. The number of rotatable bonds is 6. The number of nitrogens with zero attached hydrogens (tertiary/aromatic N) is 2. The number of hydrogen-bond acceptors (Lipinski definition) is 3.